The molecule has 0 aromatic heterocycles. The molecule has 0 bridgehead atoms. The Labute approximate surface area is 299 Å². The Kier molecular flexibility index (Phi) is 10.9. The van der Waals surface area contributed by atoms with E-state index in [4.69, 9.17) is 18.1 Å². The lowest BCUT2D eigenvalue weighted by atomic mass is 9.88. The van der Waals surface area contributed by atoms with Gasteiger partial charge in [-0.2, -0.15) is 0 Å². The van der Waals surface area contributed by atoms with Crippen molar-refractivity contribution in [2.75, 3.05) is 0 Å². The molecule has 6 rings (SSSR count). The Morgan fingerprint density at radius 2 is 0.920 bits per heavy atom. The van der Waals surface area contributed by atoms with Crippen LogP contribution in [0.3, 0.4) is 0 Å². The van der Waals surface area contributed by atoms with E-state index < -0.39 is 16.8 Å². The van der Waals surface area contributed by atoms with Crippen molar-refractivity contribution < 1.29 is 18.1 Å². The second-order valence-corrected chi connectivity index (χ2v) is 15.6. The van der Waals surface area contributed by atoms with Gasteiger partial charge in [0.15, 0.2) is 8.15 Å². The van der Waals surface area contributed by atoms with E-state index in [1.165, 1.54) is 5.56 Å². The van der Waals surface area contributed by atoms with Crippen LogP contribution in [0.4, 0.5) is 0 Å². The van der Waals surface area contributed by atoms with Crippen molar-refractivity contribution in [2.24, 2.45) is 0 Å². The zero-order valence-electron chi connectivity index (χ0n) is 30.1. The lowest BCUT2D eigenvalue weighted by molar-refractivity contribution is 0.386. The van der Waals surface area contributed by atoms with E-state index in [1.807, 2.05) is 74.5 Å². The first-order valence-corrected chi connectivity index (χ1v) is 19.2. The molecule has 0 aliphatic heterocycles. The van der Waals surface area contributed by atoms with Crippen molar-refractivity contribution in [3.8, 4) is 34.1 Å². The number of aryl methyl sites for hydroxylation is 6. The number of rotatable bonds is 11. The van der Waals surface area contributed by atoms with Gasteiger partial charge in [0.25, 0.3) is 0 Å². The number of hydrogen-bond acceptors (Lipinski definition) is 4. The van der Waals surface area contributed by atoms with Crippen molar-refractivity contribution in [2.45, 2.75) is 55.4 Å². The molecule has 1 unspecified atom stereocenters. The van der Waals surface area contributed by atoms with E-state index in [-0.39, 0.29) is 0 Å². The first-order valence-electron chi connectivity index (χ1n) is 16.9. The van der Waals surface area contributed by atoms with Crippen LogP contribution < -0.4 is 28.7 Å². The third kappa shape index (κ3) is 7.73. The number of hydrogen-bond donors (Lipinski definition) is 0. The maximum absolute atomic E-state index is 7.32. The summed E-state index contributed by atoms with van der Waals surface area (Å²) in [6, 6.07) is 41.5. The van der Waals surface area contributed by atoms with Crippen LogP contribution in [-0.4, -0.2) is 0 Å². The molecular formula is C44H44O4P2. The fourth-order valence-electron chi connectivity index (χ4n) is 6.05. The Hall–Kier alpha value is -4.62. The van der Waals surface area contributed by atoms with Crippen molar-refractivity contribution in [3.63, 3.8) is 0 Å². The van der Waals surface area contributed by atoms with Gasteiger partial charge in [0.2, 0.25) is 0 Å². The third-order valence-electron chi connectivity index (χ3n) is 8.99. The first-order chi connectivity index (χ1) is 24.1. The Bertz CT molecular complexity index is 2070. The zero-order chi connectivity index (χ0) is 35.4. The molecule has 0 heterocycles. The zero-order valence-corrected chi connectivity index (χ0v) is 31.9. The molecule has 0 aliphatic carbocycles. The second-order valence-electron chi connectivity index (χ2n) is 12.8. The van der Waals surface area contributed by atoms with Gasteiger partial charge in [0, 0.05) is 21.7 Å². The summed E-state index contributed by atoms with van der Waals surface area (Å²) in [5, 5.41) is 2.29. The SMILES string of the molecule is Cc1cccc(OP(Oc2ccccc2C)Oc2c(C)c(C)cc(C)c2-c2c(C)cc(C)c(C)c2OP(c2ccccc2)c2ccccc2)c1. The molecule has 50 heavy (non-hydrogen) atoms. The lowest BCUT2D eigenvalue weighted by Crippen LogP contribution is -2.16. The molecule has 0 spiro atoms. The Balaban J connectivity index is 1.53. The maximum Gasteiger partial charge on any atom is 0.530 e. The van der Waals surface area contributed by atoms with Gasteiger partial charge < -0.3 is 18.1 Å². The first kappa shape index (κ1) is 35.2. The summed E-state index contributed by atoms with van der Waals surface area (Å²) in [4.78, 5) is 0. The van der Waals surface area contributed by atoms with E-state index in [0.717, 1.165) is 77.9 Å². The average Bonchev–Trinajstić information content (AvgIpc) is 3.10. The Morgan fingerprint density at radius 3 is 1.46 bits per heavy atom. The van der Waals surface area contributed by atoms with Gasteiger partial charge in [0.1, 0.15) is 23.0 Å². The minimum atomic E-state index is -1.92. The number of benzene rings is 6. The smallest absolute Gasteiger partial charge is 0.464 e. The summed E-state index contributed by atoms with van der Waals surface area (Å²) in [6.45, 7) is 16.9. The molecule has 1 atom stereocenters. The summed E-state index contributed by atoms with van der Waals surface area (Å²) in [7, 11) is -3.11. The predicted octanol–water partition coefficient (Wildman–Crippen LogP) is 12.0. The van der Waals surface area contributed by atoms with Crippen LogP contribution in [0.2, 0.25) is 0 Å². The van der Waals surface area contributed by atoms with Gasteiger partial charge in [-0.25, -0.2) is 0 Å². The molecule has 0 aliphatic rings. The minimum absolute atomic E-state index is 0.691. The van der Waals surface area contributed by atoms with Gasteiger partial charge in [-0.15, -0.1) is 0 Å². The highest BCUT2D eigenvalue weighted by molar-refractivity contribution is 7.68. The normalized spacial score (nSPS) is 11.7. The monoisotopic (exact) mass is 698 g/mol. The fraction of sp³-hybridized carbons (Fsp3) is 0.182. The molecule has 0 saturated heterocycles. The molecule has 6 aromatic carbocycles. The largest absolute Gasteiger partial charge is 0.530 e. The van der Waals surface area contributed by atoms with E-state index >= 15 is 0 Å². The summed E-state index contributed by atoms with van der Waals surface area (Å²) < 4.78 is 27.5. The molecule has 254 valence electrons. The van der Waals surface area contributed by atoms with E-state index in [2.05, 4.69) is 102 Å². The minimum Gasteiger partial charge on any atom is -0.464 e. The van der Waals surface area contributed by atoms with Crippen LogP contribution in [0.15, 0.2) is 121 Å². The van der Waals surface area contributed by atoms with Gasteiger partial charge in [0.05, 0.1) is 0 Å². The topological polar surface area (TPSA) is 36.9 Å². The molecule has 0 saturated carbocycles. The van der Waals surface area contributed by atoms with Gasteiger partial charge in [-0.3, -0.25) is 0 Å². The van der Waals surface area contributed by atoms with Crippen LogP contribution in [-0.2, 0) is 0 Å². The van der Waals surface area contributed by atoms with E-state index in [1.54, 1.807) is 0 Å². The Morgan fingerprint density at radius 1 is 0.400 bits per heavy atom. The lowest BCUT2D eigenvalue weighted by Gasteiger charge is -2.28. The van der Waals surface area contributed by atoms with Crippen LogP contribution >= 0.6 is 16.8 Å². The second kappa shape index (κ2) is 15.5. The number of para-hydroxylation sites is 1. The van der Waals surface area contributed by atoms with Crippen LogP contribution in [0.5, 0.6) is 23.0 Å². The molecule has 0 radical (unpaired) electrons. The van der Waals surface area contributed by atoms with Crippen LogP contribution in [0.1, 0.15) is 44.5 Å². The average molecular weight is 699 g/mol. The van der Waals surface area contributed by atoms with Gasteiger partial charge in [-0.1, -0.05) is 103 Å². The summed E-state index contributed by atoms with van der Waals surface area (Å²) in [5.74, 6) is 3.00. The predicted molar refractivity (Wildman–Crippen MR) is 211 cm³/mol. The maximum atomic E-state index is 7.32. The van der Waals surface area contributed by atoms with Crippen molar-refractivity contribution in [3.05, 3.63) is 166 Å². The molecule has 0 amide bonds. The highest BCUT2D eigenvalue weighted by atomic mass is 31.2. The molecule has 4 nitrogen and oxygen atoms in total. The quantitative estimate of drug-likeness (QED) is 0.126. The molecular weight excluding hydrogens is 654 g/mol. The van der Waals surface area contributed by atoms with Crippen molar-refractivity contribution in [1.82, 2.24) is 0 Å². The van der Waals surface area contributed by atoms with Crippen molar-refractivity contribution in [1.29, 1.82) is 0 Å². The molecule has 0 N–H and O–H groups in total. The fourth-order valence-corrected chi connectivity index (χ4v) is 9.00. The van der Waals surface area contributed by atoms with Gasteiger partial charge in [-0.05, 0) is 118 Å². The van der Waals surface area contributed by atoms with Crippen molar-refractivity contribution >= 4 is 27.4 Å². The van der Waals surface area contributed by atoms with Gasteiger partial charge >= 0.3 is 8.60 Å². The van der Waals surface area contributed by atoms with E-state index in [9.17, 15) is 0 Å². The summed E-state index contributed by atoms with van der Waals surface area (Å²) in [6.07, 6.45) is 0. The summed E-state index contributed by atoms with van der Waals surface area (Å²) >= 11 is 0. The molecule has 6 heteroatoms. The van der Waals surface area contributed by atoms with Crippen LogP contribution in [0.25, 0.3) is 11.1 Å². The standard InChI is InChI=1S/C44H44O4P2/c1-29-18-17-20-37(26-29)45-50(46-40-25-16-15-19-30(40)2)48-44-36(8)32(4)28-34(6)42(44)41-33(5)27-31(3)35(7)43(41)47-49(38-21-11-9-12-22-38)39-23-13-10-14-24-39/h9-28H,1-8H3. The van der Waals surface area contributed by atoms with Crippen LogP contribution in [0, 0.1) is 55.4 Å². The molecule has 6 aromatic rings. The summed E-state index contributed by atoms with van der Waals surface area (Å²) in [5.41, 5.74) is 10.7. The highest BCUT2D eigenvalue weighted by Crippen LogP contribution is 2.53. The molecule has 0 fully saturated rings. The third-order valence-corrected chi connectivity index (χ3v) is 11.9. The highest BCUT2D eigenvalue weighted by Gasteiger charge is 2.30. The van der Waals surface area contributed by atoms with E-state index in [0.29, 0.717) is 5.75 Å².